The monoisotopic (exact) mass is 421 g/mol. The second-order valence-electron chi connectivity index (χ2n) is 8.14. The third-order valence-electron chi connectivity index (χ3n) is 6.17. The van der Waals surface area contributed by atoms with Crippen molar-refractivity contribution in [2.75, 3.05) is 0 Å². The molecule has 32 heavy (non-hydrogen) atoms. The highest BCUT2D eigenvalue weighted by Crippen LogP contribution is 2.38. The van der Waals surface area contributed by atoms with Crippen LogP contribution in [0.5, 0.6) is 0 Å². The Bertz CT molecular complexity index is 1660. The predicted octanol–water partition coefficient (Wildman–Crippen LogP) is 7.05. The van der Waals surface area contributed by atoms with E-state index < -0.39 is 0 Å². The van der Waals surface area contributed by atoms with E-state index in [1.807, 2.05) is 50.2 Å². The Morgan fingerprint density at radius 1 is 0.812 bits per heavy atom. The molecule has 4 nitrogen and oxygen atoms in total. The van der Waals surface area contributed by atoms with E-state index >= 15 is 0 Å². The first-order valence-corrected chi connectivity index (χ1v) is 10.6. The number of benzene rings is 3. The average molecular weight is 421 g/mol. The molecular formula is C27H20FN3O. The molecule has 0 unspecified atom stereocenters. The Morgan fingerprint density at radius 3 is 2.44 bits per heavy atom. The minimum Gasteiger partial charge on any atom is -0.455 e. The minimum absolute atomic E-state index is 0.317. The molecule has 5 heteroatoms. The second kappa shape index (κ2) is 6.76. The normalized spacial score (nSPS) is 11.8. The summed E-state index contributed by atoms with van der Waals surface area (Å²) in [5.41, 5.74) is 7.93. The standard InChI is InChI=1S/C27H20FN3O/c1-15-16(2)29-17(3)25-24(15)30-27(31(25)19-8-5-4-6-9-19)22-11-7-10-21-20-13-12-18(28)14-23(20)32-26(21)22/h4-14H,1-3H3. The van der Waals surface area contributed by atoms with Crippen LogP contribution in [0.3, 0.4) is 0 Å². The molecule has 0 spiro atoms. The van der Waals surface area contributed by atoms with Gasteiger partial charge in [-0.25, -0.2) is 9.37 Å². The van der Waals surface area contributed by atoms with E-state index in [0.29, 0.717) is 11.2 Å². The van der Waals surface area contributed by atoms with Gasteiger partial charge in [-0.05, 0) is 56.7 Å². The smallest absolute Gasteiger partial charge is 0.149 e. The summed E-state index contributed by atoms with van der Waals surface area (Å²) >= 11 is 0. The number of para-hydroxylation sites is 2. The zero-order chi connectivity index (χ0) is 22.0. The van der Waals surface area contributed by atoms with Crippen molar-refractivity contribution in [1.29, 1.82) is 0 Å². The van der Waals surface area contributed by atoms with Crippen LogP contribution in [0.15, 0.2) is 71.1 Å². The second-order valence-corrected chi connectivity index (χ2v) is 8.14. The number of rotatable bonds is 2. The Kier molecular flexibility index (Phi) is 3.96. The van der Waals surface area contributed by atoms with Crippen molar-refractivity contribution in [3.8, 4) is 17.1 Å². The Balaban J connectivity index is 1.77. The number of nitrogens with zero attached hydrogens (tertiary/aromatic N) is 3. The number of hydrogen-bond acceptors (Lipinski definition) is 3. The van der Waals surface area contributed by atoms with E-state index in [9.17, 15) is 4.39 Å². The van der Waals surface area contributed by atoms with Gasteiger partial charge in [-0.1, -0.05) is 30.3 Å². The topological polar surface area (TPSA) is 43.9 Å². The largest absolute Gasteiger partial charge is 0.455 e. The van der Waals surface area contributed by atoms with Crippen molar-refractivity contribution in [3.63, 3.8) is 0 Å². The molecule has 3 aromatic carbocycles. The van der Waals surface area contributed by atoms with E-state index in [4.69, 9.17) is 14.4 Å². The van der Waals surface area contributed by atoms with E-state index in [1.54, 1.807) is 6.07 Å². The van der Waals surface area contributed by atoms with Gasteiger partial charge in [-0.2, -0.15) is 0 Å². The summed E-state index contributed by atoms with van der Waals surface area (Å²) in [4.78, 5) is 9.88. The lowest BCUT2D eigenvalue weighted by atomic mass is 10.1. The van der Waals surface area contributed by atoms with E-state index in [0.717, 1.165) is 55.8 Å². The summed E-state index contributed by atoms with van der Waals surface area (Å²) in [7, 11) is 0. The third kappa shape index (κ3) is 2.61. The molecule has 0 aliphatic rings. The van der Waals surface area contributed by atoms with Gasteiger partial charge in [-0.15, -0.1) is 0 Å². The lowest BCUT2D eigenvalue weighted by Crippen LogP contribution is -2.00. The third-order valence-corrected chi connectivity index (χ3v) is 6.17. The maximum atomic E-state index is 13.9. The van der Waals surface area contributed by atoms with Crippen molar-refractivity contribution >= 4 is 33.0 Å². The van der Waals surface area contributed by atoms with Crippen LogP contribution in [0, 0.1) is 26.6 Å². The zero-order valence-electron chi connectivity index (χ0n) is 18.0. The molecule has 0 N–H and O–H groups in total. The Labute approximate surface area is 184 Å². The van der Waals surface area contributed by atoms with Crippen molar-refractivity contribution in [2.45, 2.75) is 20.8 Å². The van der Waals surface area contributed by atoms with Crippen LogP contribution in [0.1, 0.15) is 17.0 Å². The van der Waals surface area contributed by atoms with E-state index in [1.165, 1.54) is 12.1 Å². The molecule has 6 aromatic rings. The van der Waals surface area contributed by atoms with Crippen molar-refractivity contribution < 1.29 is 8.81 Å². The first kappa shape index (κ1) is 18.8. The maximum absolute atomic E-state index is 13.9. The highest BCUT2D eigenvalue weighted by Gasteiger charge is 2.22. The molecule has 0 fully saturated rings. The van der Waals surface area contributed by atoms with Crippen molar-refractivity contribution in [3.05, 3.63) is 89.5 Å². The van der Waals surface area contributed by atoms with Gasteiger partial charge in [0.15, 0.2) is 0 Å². The minimum atomic E-state index is -0.317. The van der Waals surface area contributed by atoms with Crippen LogP contribution in [-0.4, -0.2) is 14.5 Å². The molecule has 0 bridgehead atoms. The molecule has 3 heterocycles. The number of hydrogen-bond donors (Lipinski definition) is 0. The predicted molar refractivity (Wildman–Crippen MR) is 126 cm³/mol. The lowest BCUT2D eigenvalue weighted by molar-refractivity contribution is 0.618. The summed E-state index contributed by atoms with van der Waals surface area (Å²) in [6.45, 7) is 6.09. The van der Waals surface area contributed by atoms with Gasteiger partial charge in [0, 0.05) is 28.2 Å². The number of aryl methyl sites for hydroxylation is 3. The average Bonchev–Trinajstić information content (AvgIpc) is 3.37. The van der Waals surface area contributed by atoms with Gasteiger partial charge in [0.25, 0.3) is 0 Å². The fourth-order valence-electron chi connectivity index (χ4n) is 4.53. The Hall–Kier alpha value is -3.99. The molecule has 3 aromatic heterocycles. The zero-order valence-corrected chi connectivity index (χ0v) is 18.0. The number of imidazole rings is 1. The number of halogens is 1. The van der Waals surface area contributed by atoms with Crippen molar-refractivity contribution in [1.82, 2.24) is 14.5 Å². The molecule has 0 aliphatic heterocycles. The first-order chi connectivity index (χ1) is 15.5. The Morgan fingerprint density at radius 2 is 1.62 bits per heavy atom. The summed E-state index contributed by atoms with van der Waals surface area (Å²) < 4.78 is 22.2. The molecule has 0 aliphatic carbocycles. The lowest BCUT2D eigenvalue weighted by Gasteiger charge is -2.11. The fourth-order valence-corrected chi connectivity index (χ4v) is 4.53. The van der Waals surface area contributed by atoms with E-state index in [-0.39, 0.29) is 5.82 Å². The van der Waals surface area contributed by atoms with Gasteiger partial charge in [0.05, 0.1) is 22.3 Å². The molecule has 156 valence electrons. The number of furan rings is 1. The van der Waals surface area contributed by atoms with Crippen LogP contribution >= 0.6 is 0 Å². The van der Waals surface area contributed by atoms with Crippen LogP contribution in [0.2, 0.25) is 0 Å². The quantitative estimate of drug-likeness (QED) is 0.301. The molecule has 0 saturated heterocycles. The molecule has 0 amide bonds. The number of fused-ring (bicyclic) bond motifs is 4. The molecule has 0 atom stereocenters. The summed E-state index contributed by atoms with van der Waals surface area (Å²) in [5.74, 6) is 0.456. The summed E-state index contributed by atoms with van der Waals surface area (Å²) in [6, 6.07) is 20.8. The molecule has 0 radical (unpaired) electrons. The first-order valence-electron chi connectivity index (χ1n) is 10.6. The molecular weight excluding hydrogens is 401 g/mol. The summed E-state index contributed by atoms with van der Waals surface area (Å²) in [6.07, 6.45) is 0. The number of aromatic nitrogens is 3. The fraction of sp³-hybridized carbons (Fsp3) is 0.111. The molecule has 0 saturated carbocycles. The van der Waals surface area contributed by atoms with Gasteiger partial charge in [0.1, 0.15) is 22.8 Å². The number of pyridine rings is 1. The molecule has 6 rings (SSSR count). The van der Waals surface area contributed by atoms with Crippen molar-refractivity contribution in [2.24, 2.45) is 0 Å². The van der Waals surface area contributed by atoms with Gasteiger partial charge < -0.3 is 4.42 Å². The van der Waals surface area contributed by atoms with Crippen LogP contribution in [0.4, 0.5) is 4.39 Å². The van der Waals surface area contributed by atoms with Gasteiger partial charge >= 0.3 is 0 Å². The highest BCUT2D eigenvalue weighted by atomic mass is 19.1. The van der Waals surface area contributed by atoms with Gasteiger partial charge in [-0.3, -0.25) is 9.55 Å². The van der Waals surface area contributed by atoms with Crippen LogP contribution in [0.25, 0.3) is 50.0 Å². The maximum Gasteiger partial charge on any atom is 0.149 e. The summed E-state index contributed by atoms with van der Waals surface area (Å²) in [5, 5.41) is 1.82. The highest BCUT2D eigenvalue weighted by molar-refractivity contribution is 6.09. The van der Waals surface area contributed by atoms with Crippen LogP contribution < -0.4 is 0 Å². The van der Waals surface area contributed by atoms with Crippen LogP contribution in [-0.2, 0) is 0 Å². The van der Waals surface area contributed by atoms with E-state index in [2.05, 4.69) is 23.6 Å². The van der Waals surface area contributed by atoms with Gasteiger partial charge in [0.2, 0.25) is 0 Å². The SMILES string of the molecule is Cc1nc(C)c2c(nc(-c3cccc4c3oc3cc(F)ccc34)n2-c2ccccc2)c1C.